The summed E-state index contributed by atoms with van der Waals surface area (Å²) in [5.41, 5.74) is -0.521. The molecule has 4 rings (SSSR count). The molecular formula is C12H16N2O2. The van der Waals surface area contributed by atoms with Gasteiger partial charge in [0, 0.05) is 0 Å². The Morgan fingerprint density at radius 2 is 2.00 bits per heavy atom. The van der Waals surface area contributed by atoms with Crippen LogP contribution in [0.2, 0.25) is 0 Å². The number of urea groups is 1. The lowest BCUT2D eigenvalue weighted by Crippen LogP contribution is -2.54. The van der Waals surface area contributed by atoms with E-state index in [9.17, 15) is 9.59 Å². The van der Waals surface area contributed by atoms with E-state index >= 15 is 0 Å². The molecule has 3 saturated carbocycles. The van der Waals surface area contributed by atoms with Crippen LogP contribution in [-0.2, 0) is 4.79 Å². The van der Waals surface area contributed by atoms with E-state index in [0.29, 0.717) is 17.8 Å². The molecule has 1 heterocycles. The van der Waals surface area contributed by atoms with Crippen LogP contribution >= 0.6 is 0 Å². The second-order valence-electron chi connectivity index (χ2n) is 5.94. The molecule has 2 N–H and O–H groups in total. The van der Waals surface area contributed by atoms with Gasteiger partial charge in [-0.1, -0.05) is 6.42 Å². The molecule has 1 spiro atoms. The van der Waals surface area contributed by atoms with Crippen LogP contribution < -0.4 is 10.6 Å². The summed E-state index contributed by atoms with van der Waals surface area (Å²) in [7, 11) is 0. The van der Waals surface area contributed by atoms with Gasteiger partial charge in [0.2, 0.25) is 0 Å². The van der Waals surface area contributed by atoms with Gasteiger partial charge in [-0.15, -0.1) is 0 Å². The molecule has 3 amide bonds. The fourth-order valence-corrected chi connectivity index (χ4v) is 5.05. The maximum absolute atomic E-state index is 12.0. The van der Waals surface area contributed by atoms with Crippen LogP contribution in [0.25, 0.3) is 0 Å². The SMILES string of the molecule is O=C1NC(=O)[C@@]2(C[C@H]3C[C@@H]2[C@@H]2CCC[C@@H]32)N1. The highest BCUT2D eigenvalue weighted by Gasteiger charge is 2.66. The second kappa shape index (κ2) is 2.60. The average Bonchev–Trinajstić information content (AvgIpc) is 2.89. The van der Waals surface area contributed by atoms with Crippen molar-refractivity contribution >= 4 is 11.9 Å². The first-order valence-corrected chi connectivity index (χ1v) is 6.34. The number of rotatable bonds is 0. The number of hydrogen-bond donors (Lipinski definition) is 2. The summed E-state index contributed by atoms with van der Waals surface area (Å²) in [6.07, 6.45) is 5.96. The largest absolute Gasteiger partial charge is 0.323 e. The standard InChI is InChI=1S/C12H16N2O2/c15-10-12(14-11(16)13-10)5-6-4-9(12)8-3-1-2-7(6)8/h6-9H,1-5H2,(H2,13,14,15,16)/t6-,7+,8-,9-,12+/m1/s1. The molecule has 1 aliphatic heterocycles. The minimum absolute atomic E-state index is 0.0599. The predicted molar refractivity (Wildman–Crippen MR) is 56.5 cm³/mol. The summed E-state index contributed by atoms with van der Waals surface area (Å²) >= 11 is 0. The van der Waals surface area contributed by atoms with Gasteiger partial charge in [-0.3, -0.25) is 10.1 Å². The van der Waals surface area contributed by atoms with Crippen LogP contribution in [0.3, 0.4) is 0 Å². The number of nitrogens with one attached hydrogen (secondary N) is 2. The molecule has 4 fully saturated rings. The van der Waals surface area contributed by atoms with Gasteiger partial charge in [0.1, 0.15) is 5.54 Å². The Kier molecular flexibility index (Phi) is 1.47. The molecule has 4 heteroatoms. The summed E-state index contributed by atoms with van der Waals surface area (Å²) in [6, 6.07) is -0.285. The van der Waals surface area contributed by atoms with E-state index < -0.39 is 5.54 Å². The Morgan fingerprint density at radius 3 is 2.75 bits per heavy atom. The zero-order chi connectivity index (χ0) is 10.9. The third kappa shape index (κ3) is 0.837. The highest BCUT2D eigenvalue weighted by atomic mass is 16.2. The molecule has 5 atom stereocenters. The lowest BCUT2D eigenvalue weighted by molar-refractivity contribution is -0.126. The van der Waals surface area contributed by atoms with Crippen molar-refractivity contribution < 1.29 is 9.59 Å². The van der Waals surface area contributed by atoms with Crippen LogP contribution in [-0.4, -0.2) is 17.5 Å². The summed E-state index contributed by atoms with van der Waals surface area (Å²) in [6.45, 7) is 0. The highest BCUT2D eigenvalue weighted by Crippen LogP contribution is 2.62. The highest BCUT2D eigenvalue weighted by molar-refractivity contribution is 6.07. The monoisotopic (exact) mass is 220 g/mol. The fourth-order valence-electron chi connectivity index (χ4n) is 5.05. The normalized spacial score (nSPS) is 53.2. The number of fused-ring (bicyclic) bond motifs is 6. The van der Waals surface area contributed by atoms with Gasteiger partial charge >= 0.3 is 6.03 Å². The van der Waals surface area contributed by atoms with E-state index in [1.54, 1.807) is 0 Å². The van der Waals surface area contributed by atoms with Crippen LogP contribution in [0.1, 0.15) is 32.1 Å². The molecule has 3 aliphatic carbocycles. The van der Waals surface area contributed by atoms with E-state index in [1.807, 2.05) is 0 Å². The topological polar surface area (TPSA) is 58.2 Å². The maximum atomic E-state index is 12.0. The second-order valence-corrected chi connectivity index (χ2v) is 5.94. The van der Waals surface area contributed by atoms with Gasteiger partial charge in [-0.25, -0.2) is 4.79 Å². The van der Waals surface area contributed by atoms with Crippen molar-refractivity contribution in [1.29, 1.82) is 0 Å². The van der Waals surface area contributed by atoms with E-state index in [-0.39, 0.29) is 11.9 Å². The Balaban J connectivity index is 1.74. The van der Waals surface area contributed by atoms with Crippen molar-refractivity contribution in [2.45, 2.75) is 37.6 Å². The minimum atomic E-state index is -0.521. The number of imide groups is 1. The Morgan fingerprint density at radius 1 is 1.19 bits per heavy atom. The zero-order valence-electron chi connectivity index (χ0n) is 9.16. The van der Waals surface area contributed by atoms with Crippen molar-refractivity contribution in [1.82, 2.24) is 10.6 Å². The number of amides is 3. The molecule has 4 nitrogen and oxygen atoms in total. The van der Waals surface area contributed by atoms with Crippen LogP contribution in [0.4, 0.5) is 4.79 Å². The van der Waals surface area contributed by atoms with Gasteiger partial charge in [-0.05, 0) is 49.4 Å². The van der Waals surface area contributed by atoms with Crippen molar-refractivity contribution in [3.63, 3.8) is 0 Å². The molecule has 16 heavy (non-hydrogen) atoms. The first-order valence-electron chi connectivity index (χ1n) is 6.34. The van der Waals surface area contributed by atoms with E-state index in [0.717, 1.165) is 18.8 Å². The molecule has 2 bridgehead atoms. The summed E-state index contributed by atoms with van der Waals surface area (Å²) in [5.74, 6) is 2.58. The molecule has 0 aromatic heterocycles. The number of carbonyl (C=O) groups is 2. The molecular weight excluding hydrogens is 204 g/mol. The first-order chi connectivity index (χ1) is 7.71. The third-order valence-corrected chi connectivity index (χ3v) is 5.49. The van der Waals surface area contributed by atoms with Crippen molar-refractivity contribution in [3.05, 3.63) is 0 Å². The van der Waals surface area contributed by atoms with Gasteiger partial charge in [0.15, 0.2) is 0 Å². The molecule has 1 saturated heterocycles. The van der Waals surface area contributed by atoms with Crippen LogP contribution in [0, 0.1) is 23.7 Å². The lowest BCUT2D eigenvalue weighted by atomic mass is 9.71. The van der Waals surface area contributed by atoms with Gasteiger partial charge in [0.05, 0.1) is 0 Å². The van der Waals surface area contributed by atoms with Gasteiger partial charge < -0.3 is 5.32 Å². The number of hydrogen-bond acceptors (Lipinski definition) is 2. The summed E-state index contributed by atoms with van der Waals surface area (Å²) in [4.78, 5) is 23.3. The Labute approximate surface area is 94.2 Å². The zero-order valence-corrected chi connectivity index (χ0v) is 9.16. The first kappa shape index (κ1) is 9.02. The smallest absolute Gasteiger partial charge is 0.322 e. The summed E-state index contributed by atoms with van der Waals surface area (Å²) in [5, 5.41) is 5.35. The van der Waals surface area contributed by atoms with E-state index in [2.05, 4.69) is 10.6 Å². The molecule has 0 unspecified atom stereocenters. The average molecular weight is 220 g/mol. The summed E-state index contributed by atoms with van der Waals surface area (Å²) < 4.78 is 0. The fraction of sp³-hybridized carbons (Fsp3) is 0.833. The lowest BCUT2D eigenvalue weighted by Gasteiger charge is -2.37. The Hall–Kier alpha value is -1.06. The quantitative estimate of drug-likeness (QED) is 0.599. The molecule has 0 radical (unpaired) electrons. The van der Waals surface area contributed by atoms with Gasteiger partial charge in [-0.2, -0.15) is 0 Å². The maximum Gasteiger partial charge on any atom is 0.322 e. The van der Waals surface area contributed by atoms with Crippen LogP contribution in [0.15, 0.2) is 0 Å². The molecule has 86 valence electrons. The van der Waals surface area contributed by atoms with Crippen LogP contribution in [0.5, 0.6) is 0 Å². The molecule has 0 aromatic carbocycles. The minimum Gasteiger partial charge on any atom is -0.323 e. The van der Waals surface area contributed by atoms with E-state index in [4.69, 9.17) is 0 Å². The number of carbonyl (C=O) groups excluding carboxylic acids is 2. The van der Waals surface area contributed by atoms with Crippen molar-refractivity contribution in [2.75, 3.05) is 0 Å². The van der Waals surface area contributed by atoms with Gasteiger partial charge in [0.25, 0.3) is 5.91 Å². The van der Waals surface area contributed by atoms with E-state index in [1.165, 1.54) is 19.3 Å². The third-order valence-electron chi connectivity index (χ3n) is 5.49. The molecule has 0 aromatic rings. The van der Waals surface area contributed by atoms with Crippen molar-refractivity contribution in [3.8, 4) is 0 Å². The van der Waals surface area contributed by atoms with Crippen molar-refractivity contribution in [2.24, 2.45) is 23.7 Å². The predicted octanol–water partition coefficient (Wildman–Crippen LogP) is 1.02. The Bertz CT molecular complexity index is 394. The molecule has 4 aliphatic rings.